The Kier molecular flexibility index (Phi) is 2.91. The molecule has 0 radical (unpaired) electrons. The first-order valence-electron chi connectivity index (χ1n) is 5.97. The predicted molar refractivity (Wildman–Crippen MR) is 69.0 cm³/mol. The number of aryl methyl sites for hydroxylation is 1. The molecular formula is C13H15N3S. The molecule has 0 bridgehead atoms. The Morgan fingerprint density at radius 1 is 1.41 bits per heavy atom. The number of hydrogen-bond acceptors (Lipinski definition) is 4. The fourth-order valence-electron chi connectivity index (χ4n) is 2.24. The van der Waals surface area contributed by atoms with Crippen molar-refractivity contribution in [2.45, 2.75) is 31.7 Å². The lowest BCUT2D eigenvalue weighted by molar-refractivity contribution is 0.562. The lowest BCUT2D eigenvalue weighted by Crippen LogP contribution is -2.16. The molecule has 3 nitrogen and oxygen atoms in total. The lowest BCUT2D eigenvalue weighted by Gasteiger charge is -2.15. The third-order valence-corrected chi connectivity index (χ3v) is 4.23. The predicted octanol–water partition coefficient (Wildman–Crippen LogP) is 2.47. The summed E-state index contributed by atoms with van der Waals surface area (Å²) in [6.45, 7) is 0. The van der Waals surface area contributed by atoms with Gasteiger partial charge in [0.05, 0.1) is 10.7 Å². The summed E-state index contributed by atoms with van der Waals surface area (Å²) in [6, 6.07) is 6.14. The maximum Gasteiger partial charge on any atom is 0.0991 e. The molecule has 0 aromatic carbocycles. The van der Waals surface area contributed by atoms with Gasteiger partial charge < -0.3 is 5.73 Å². The second-order valence-electron chi connectivity index (χ2n) is 4.41. The van der Waals surface area contributed by atoms with Crippen molar-refractivity contribution in [3.05, 3.63) is 45.7 Å². The van der Waals surface area contributed by atoms with Crippen LogP contribution in [0.2, 0.25) is 0 Å². The zero-order valence-electron chi connectivity index (χ0n) is 9.60. The van der Waals surface area contributed by atoms with Gasteiger partial charge in [-0.1, -0.05) is 6.07 Å². The zero-order chi connectivity index (χ0) is 11.7. The Morgan fingerprint density at radius 2 is 2.35 bits per heavy atom. The van der Waals surface area contributed by atoms with Crippen LogP contribution in [0.5, 0.6) is 0 Å². The van der Waals surface area contributed by atoms with Crippen LogP contribution in [-0.4, -0.2) is 9.97 Å². The van der Waals surface area contributed by atoms with Gasteiger partial charge in [-0.05, 0) is 31.4 Å². The average Bonchev–Trinajstić information content (AvgIpc) is 2.74. The van der Waals surface area contributed by atoms with Crippen LogP contribution >= 0.6 is 11.3 Å². The molecule has 0 saturated carbocycles. The van der Waals surface area contributed by atoms with Gasteiger partial charge in [-0.15, -0.1) is 11.3 Å². The minimum Gasteiger partial charge on any atom is -0.323 e. The molecule has 1 aliphatic carbocycles. The number of rotatable bonds is 2. The largest absolute Gasteiger partial charge is 0.323 e. The molecular weight excluding hydrogens is 230 g/mol. The fourth-order valence-corrected chi connectivity index (χ4v) is 3.43. The van der Waals surface area contributed by atoms with E-state index in [0.29, 0.717) is 0 Å². The van der Waals surface area contributed by atoms with Crippen LogP contribution in [0.1, 0.15) is 40.2 Å². The number of fused-ring (bicyclic) bond motifs is 1. The van der Waals surface area contributed by atoms with E-state index < -0.39 is 0 Å². The van der Waals surface area contributed by atoms with Crippen molar-refractivity contribution in [3.8, 4) is 0 Å². The van der Waals surface area contributed by atoms with Gasteiger partial charge in [0.2, 0.25) is 0 Å². The molecule has 1 atom stereocenters. The molecule has 2 heterocycles. The number of thiazole rings is 1. The van der Waals surface area contributed by atoms with E-state index in [1.54, 1.807) is 11.3 Å². The van der Waals surface area contributed by atoms with E-state index in [-0.39, 0.29) is 6.04 Å². The normalized spacial score (nSPS) is 19.0. The standard InChI is InChI=1S/C13H15N3S/c14-10-5-3-6-11-13(10)16-12(17-11)8-9-4-1-2-7-15-9/h1-2,4,7,10H,3,5-6,8,14H2. The van der Waals surface area contributed by atoms with Crippen molar-refractivity contribution in [1.82, 2.24) is 9.97 Å². The summed E-state index contributed by atoms with van der Waals surface area (Å²) in [6.07, 6.45) is 6.06. The molecule has 1 aliphatic rings. The molecule has 0 spiro atoms. The van der Waals surface area contributed by atoms with Crippen LogP contribution < -0.4 is 5.73 Å². The van der Waals surface area contributed by atoms with Gasteiger partial charge in [0.25, 0.3) is 0 Å². The molecule has 2 aromatic heterocycles. The smallest absolute Gasteiger partial charge is 0.0991 e. The highest BCUT2D eigenvalue weighted by Gasteiger charge is 2.21. The van der Waals surface area contributed by atoms with Crippen LogP contribution in [0.4, 0.5) is 0 Å². The van der Waals surface area contributed by atoms with Gasteiger partial charge in [0.1, 0.15) is 0 Å². The van der Waals surface area contributed by atoms with Gasteiger partial charge in [0.15, 0.2) is 0 Å². The van der Waals surface area contributed by atoms with Gasteiger partial charge in [0, 0.05) is 29.2 Å². The first-order valence-corrected chi connectivity index (χ1v) is 6.78. The van der Waals surface area contributed by atoms with Gasteiger partial charge in [-0.2, -0.15) is 0 Å². The Hall–Kier alpha value is -1.26. The summed E-state index contributed by atoms with van der Waals surface area (Å²) in [5.74, 6) is 0. The van der Waals surface area contributed by atoms with Gasteiger partial charge >= 0.3 is 0 Å². The second-order valence-corrected chi connectivity index (χ2v) is 5.58. The van der Waals surface area contributed by atoms with Gasteiger partial charge in [-0.3, -0.25) is 4.98 Å². The number of hydrogen-bond donors (Lipinski definition) is 1. The van der Waals surface area contributed by atoms with E-state index in [9.17, 15) is 0 Å². The average molecular weight is 245 g/mol. The highest BCUT2D eigenvalue weighted by Crippen LogP contribution is 2.32. The van der Waals surface area contributed by atoms with E-state index in [1.807, 2.05) is 24.4 Å². The summed E-state index contributed by atoms with van der Waals surface area (Å²) in [5, 5.41) is 1.14. The van der Waals surface area contributed by atoms with E-state index >= 15 is 0 Å². The van der Waals surface area contributed by atoms with Crippen LogP contribution in [0.3, 0.4) is 0 Å². The van der Waals surface area contributed by atoms with Crippen molar-refractivity contribution < 1.29 is 0 Å². The van der Waals surface area contributed by atoms with Gasteiger partial charge in [-0.25, -0.2) is 4.98 Å². The van der Waals surface area contributed by atoms with E-state index in [1.165, 1.54) is 11.3 Å². The molecule has 88 valence electrons. The molecule has 0 amide bonds. The van der Waals surface area contributed by atoms with Crippen molar-refractivity contribution in [2.24, 2.45) is 5.73 Å². The fraction of sp³-hybridized carbons (Fsp3) is 0.385. The van der Waals surface area contributed by atoms with Crippen molar-refractivity contribution in [1.29, 1.82) is 0 Å². The summed E-state index contributed by atoms with van der Waals surface area (Å²) < 4.78 is 0. The highest BCUT2D eigenvalue weighted by atomic mass is 32.1. The number of pyridine rings is 1. The number of aromatic nitrogens is 2. The number of nitrogens with two attached hydrogens (primary N) is 1. The topological polar surface area (TPSA) is 51.8 Å². The molecule has 17 heavy (non-hydrogen) atoms. The zero-order valence-corrected chi connectivity index (χ0v) is 10.4. The minimum absolute atomic E-state index is 0.146. The molecule has 1 unspecified atom stereocenters. The molecule has 2 N–H and O–H groups in total. The van der Waals surface area contributed by atoms with E-state index in [2.05, 4.69) is 9.97 Å². The van der Waals surface area contributed by atoms with Crippen LogP contribution in [-0.2, 0) is 12.8 Å². The first-order chi connectivity index (χ1) is 8.33. The summed E-state index contributed by atoms with van der Waals surface area (Å²) in [7, 11) is 0. The summed E-state index contributed by atoms with van der Waals surface area (Å²) in [4.78, 5) is 10.4. The van der Waals surface area contributed by atoms with E-state index in [4.69, 9.17) is 5.73 Å². The quantitative estimate of drug-likeness (QED) is 0.884. The Balaban J connectivity index is 1.85. The maximum absolute atomic E-state index is 6.08. The molecule has 0 fully saturated rings. The third kappa shape index (κ3) is 2.23. The van der Waals surface area contributed by atoms with E-state index in [0.717, 1.165) is 35.7 Å². The van der Waals surface area contributed by atoms with Crippen LogP contribution in [0.25, 0.3) is 0 Å². The first kappa shape index (κ1) is 10.9. The SMILES string of the molecule is NC1CCCc2sc(Cc3ccccn3)nc21. The Bertz CT molecular complexity index is 507. The lowest BCUT2D eigenvalue weighted by atomic mass is 9.99. The van der Waals surface area contributed by atoms with Crippen molar-refractivity contribution >= 4 is 11.3 Å². The van der Waals surface area contributed by atoms with Crippen molar-refractivity contribution in [2.75, 3.05) is 0 Å². The molecule has 0 saturated heterocycles. The highest BCUT2D eigenvalue weighted by molar-refractivity contribution is 7.11. The molecule has 3 rings (SSSR count). The number of nitrogens with zero attached hydrogens (tertiary/aromatic N) is 2. The summed E-state index contributed by atoms with van der Waals surface area (Å²) in [5.41, 5.74) is 8.29. The second kappa shape index (κ2) is 4.55. The molecule has 4 heteroatoms. The molecule has 2 aromatic rings. The van der Waals surface area contributed by atoms with Crippen LogP contribution in [0.15, 0.2) is 24.4 Å². The van der Waals surface area contributed by atoms with Crippen LogP contribution in [0, 0.1) is 0 Å². The third-order valence-electron chi connectivity index (χ3n) is 3.10. The summed E-state index contributed by atoms with van der Waals surface area (Å²) >= 11 is 1.80. The monoisotopic (exact) mass is 245 g/mol. The Labute approximate surface area is 105 Å². The maximum atomic E-state index is 6.08. The Morgan fingerprint density at radius 3 is 3.12 bits per heavy atom. The minimum atomic E-state index is 0.146. The molecule has 0 aliphatic heterocycles. The van der Waals surface area contributed by atoms with Crippen molar-refractivity contribution in [3.63, 3.8) is 0 Å².